The molecule has 2 rings (SSSR count). The van der Waals surface area contributed by atoms with Crippen molar-refractivity contribution in [3.63, 3.8) is 0 Å². The number of cyclic esters (lactones) is 1. The Labute approximate surface area is 196 Å². The number of esters is 1. The molecule has 0 spiro atoms. The van der Waals surface area contributed by atoms with Gasteiger partial charge in [0.25, 0.3) is 0 Å². The van der Waals surface area contributed by atoms with Gasteiger partial charge in [0.05, 0.1) is 17.8 Å². The molecule has 0 N–H and O–H groups in total. The molecule has 2 aliphatic heterocycles. The smallest absolute Gasteiger partial charge is 0.340 e. The molecule has 0 aromatic heterocycles. The normalized spacial score (nSPS) is 32.2. The zero-order valence-corrected chi connectivity index (χ0v) is 22.2. The van der Waals surface area contributed by atoms with Gasteiger partial charge in [0, 0.05) is 31.7 Å². The minimum atomic E-state index is -0.982. The van der Waals surface area contributed by atoms with E-state index in [4.69, 9.17) is 18.9 Å². The summed E-state index contributed by atoms with van der Waals surface area (Å²) in [5.74, 6) is 0.362. The highest BCUT2D eigenvalue weighted by Crippen LogP contribution is 2.38. The highest BCUT2D eigenvalue weighted by atomic mass is 16.7. The lowest BCUT2D eigenvalue weighted by atomic mass is 9.83. The molecule has 1 unspecified atom stereocenters. The van der Waals surface area contributed by atoms with Crippen LogP contribution in [0.3, 0.4) is 0 Å². The van der Waals surface area contributed by atoms with Crippen LogP contribution in [-0.2, 0) is 23.7 Å². The van der Waals surface area contributed by atoms with E-state index in [-0.39, 0.29) is 42.2 Å². The van der Waals surface area contributed by atoms with E-state index in [2.05, 4.69) is 60.5 Å². The van der Waals surface area contributed by atoms with Gasteiger partial charge in [-0.15, -0.1) is 0 Å². The maximum absolute atomic E-state index is 12.5. The molecule has 0 amide bonds. The van der Waals surface area contributed by atoms with E-state index >= 15 is 0 Å². The van der Waals surface area contributed by atoms with Crippen LogP contribution in [0.4, 0.5) is 0 Å². The lowest BCUT2D eigenvalue weighted by molar-refractivity contribution is -0.263. The van der Waals surface area contributed by atoms with Crippen molar-refractivity contribution in [1.82, 2.24) is 4.90 Å². The van der Waals surface area contributed by atoms with Crippen LogP contribution in [0, 0.1) is 23.7 Å². The number of ether oxygens (including phenoxy) is 4. The third-order valence-corrected chi connectivity index (χ3v) is 7.24. The van der Waals surface area contributed by atoms with Gasteiger partial charge in [-0.25, -0.2) is 4.79 Å². The minimum Gasteiger partial charge on any atom is -0.456 e. The van der Waals surface area contributed by atoms with E-state index in [1.165, 1.54) is 0 Å². The number of nitrogens with zero attached hydrogens (tertiary/aromatic N) is 1. The molecular formula is C26H47NO5. The monoisotopic (exact) mass is 453 g/mol. The van der Waals surface area contributed by atoms with Crippen molar-refractivity contribution < 1.29 is 23.7 Å². The van der Waals surface area contributed by atoms with Crippen LogP contribution in [0.5, 0.6) is 0 Å². The van der Waals surface area contributed by atoms with Crippen molar-refractivity contribution in [2.75, 3.05) is 14.1 Å². The first-order valence-corrected chi connectivity index (χ1v) is 12.4. The van der Waals surface area contributed by atoms with Gasteiger partial charge in [0.15, 0.2) is 6.29 Å². The fraction of sp³-hybridized carbons (Fsp3) is 0.885. The third-order valence-electron chi connectivity index (χ3n) is 7.24. The van der Waals surface area contributed by atoms with Crippen molar-refractivity contribution in [1.29, 1.82) is 0 Å². The minimum absolute atomic E-state index is 0.105. The quantitative estimate of drug-likeness (QED) is 0.438. The number of hydrogen-bond donors (Lipinski definition) is 0. The van der Waals surface area contributed by atoms with E-state index in [0.29, 0.717) is 23.3 Å². The average Bonchev–Trinajstić information content (AvgIpc) is 2.69. The van der Waals surface area contributed by atoms with Crippen LogP contribution in [0.2, 0.25) is 0 Å². The van der Waals surface area contributed by atoms with Crippen molar-refractivity contribution in [2.45, 2.75) is 112 Å². The van der Waals surface area contributed by atoms with Crippen LogP contribution in [0.1, 0.15) is 81.6 Å². The Hall–Kier alpha value is -1.11. The Kier molecular flexibility index (Phi) is 9.22. The maximum Gasteiger partial charge on any atom is 0.340 e. The first-order valence-electron chi connectivity index (χ1n) is 12.4. The zero-order chi connectivity index (χ0) is 24.4. The molecule has 2 heterocycles. The number of carbonyl (C=O) groups excluding carboxylic acids is 1. The van der Waals surface area contributed by atoms with Crippen LogP contribution < -0.4 is 0 Å². The Morgan fingerprint density at radius 2 is 1.78 bits per heavy atom. The number of hydrogen-bond acceptors (Lipinski definition) is 6. The van der Waals surface area contributed by atoms with Crippen LogP contribution in [-0.4, -0.2) is 55.3 Å². The molecule has 6 heteroatoms. The Bertz CT molecular complexity index is 673. The predicted molar refractivity (Wildman–Crippen MR) is 127 cm³/mol. The second kappa shape index (κ2) is 10.9. The lowest BCUT2D eigenvalue weighted by Gasteiger charge is -2.45. The van der Waals surface area contributed by atoms with Gasteiger partial charge in [-0.1, -0.05) is 41.0 Å². The Morgan fingerprint density at radius 3 is 2.34 bits per heavy atom. The van der Waals surface area contributed by atoms with Gasteiger partial charge in [-0.2, -0.15) is 0 Å². The molecule has 6 nitrogen and oxygen atoms in total. The number of rotatable bonds is 9. The highest BCUT2D eigenvalue weighted by molar-refractivity contribution is 5.89. The summed E-state index contributed by atoms with van der Waals surface area (Å²) in [6, 6.07) is 0.394. The van der Waals surface area contributed by atoms with E-state index in [1.54, 1.807) is 20.8 Å². The summed E-state index contributed by atoms with van der Waals surface area (Å²) in [7, 11) is 4.25. The Morgan fingerprint density at radius 1 is 1.16 bits per heavy atom. The van der Waals surface area contributed by atoms with E-state index in [1.807, 2.05) is 0 Å². The summed E-state index contributed by atoms with van der Waals surface area (Å²) >= 11 is 0. The second-order valence-electron chi connectivity index (χ2n) is 10.9. The van der Waals surface area contributed by atoms with Gasteiger partial charge in [-0.05, 0) is 52.6 Å². The summed E-state index contributed by atoms with van der Waals surface area (Å²) in [6.45, 7) is 18.5. The third kappa shape index (κ3) is 6.48. The molecule has 1 saturated heterocycles. The molecule has 0 radical (unpaired) electrons. The first-order chi connectivity index (χ1) is 14.8. The van der Waals surface area contributed by atoms with Gasteiger partial charge in [-0.3, -0.25) is 0 Å². The highest BCUT2D eigenvalue weighted by Gasteiger charge is 2.43. The average molecular weight is 454 g/mol. The van der Waals surface area contributed by atoms with Crippen LogP contribution >= 0.6 is 0 Å². The summed E-state index contributed by atoms with van der Waals surface area (Å²) in [5, 5.41) is 0. The van der Waals surface area contributed by atoms with E-state index in [0.717, 1.165) is 19.3 Å². The topological polar surface area (TPSA) is 57.2 Å². The van der Waals surface area contributed by atoms with Gasteiger partial charge >= 0.3 is 5.97 Å². The van der Waals surface area contributed by atoms with Crippen molar-refractivity contribution in [3.05, 3.63) is 11.3 Å². The van der Waals surface area contributed by atoms with Crippen molar-refractivity contribution in [2.24, 2.45) is 23.7 Å². The van der Waals surface area contributed by atoms with Crippen molar-refractivity contribution >= 4 is 5.97 Å². The van der Waals surface area contributed by atoms with E-state index < -0.39 is 5.79 Å². The SMILES string of the molecule is CC[C@H](C)C[C@H](C)[C@H](O[C@@H]1O[C@H](C)CC(N(C)C)[C@H]1C)[C@@H](C)C1=C(C)C(=O)OC(C)(C)O1. The molecule has 0 aliphatic carbocycles. The fourth-order valence-electron chi connectivity index (χ4n) is 5.16. The lowest BCUT2D eigenvalue weighted by Crippen LogP contribution is -2.51. The largest absolute Gasteiger partial charge is 0.456 e. The fourth-order valence-corrected chi connectivity index (χ4v) is 5.16. The zero-order valence-electron chi connectivity index (χ0n) is 22.2. The Balaban J connectivity index is 2.35. The maximum atomic E-state index is 12.5. The first kappa shape index (κ1) is 27.1. The molecular weight excluding hydrogens is 406 g/mol. The molecule has 1 fully saturated rings. The van der Waals surface area contributed by atoms with Crippen LogP contribution in [0.25, 0.3) is 0 Å². The summed E-state index contributed by atoms with van der Waals surface area (Å²) in [5.41, 5.74) is 0.526. The second-order valence-corrected chi connectivity index (χ2v) is 10.9. The summed E-state index contributed by atoms with van der Waals surface area (Å²) in [6.07, 6.45) is 2.84. The molecule has 8 atom stereocenters. The van der Waals surface area contributed by atoms with Crippen LogP contribution in [0.15, 0.2) is 11.3 Å². The molecule has 0 bridgehead atoms. The summed E-state index contributed by atoms with van der Waals surface area (Å²) in [4.78, 5) is 14.8. The number of carbonyl (C=O) groups is 1. The molecule has 186 valence electrons. The molecule has 0 aromatic carbocycles. The summed E-state index contributed by atoms with van der Waals surface area (Å²) < 4.78 is 24.7. The standard InChI is InChI=1S/C26H47NO5/c1-12-15(2)13-16(3)22(19(6)23-20(7)24(28)32-26(8,9)31-23)30-25-18(5)21(27(10)11)14-17(4)29-25/h15-19,21-22,25H,12-14H2,1-11H3/t15-,16-,17+,18+,19+,21?,22-,25-/m0/s1. The molecule has 0 aromatic rings. The molecule has 0 saturated carbocycles. The molecule has 32 heavy (non-hydrogen) atoms. The van der Waals surface area contributed by atoms with Crippen molar-refractivity contribution in [3.8, 4) is 0 Å². The molecule has 2 aliphatic rings. The van der Waals surface area contributed by atoms with Gasteiger partial charge in [0.1, 0.15) is 5.76 Å². The predicted octanol–water partition coefficient (Wildman–Crippen LogP) is 5.36. The van der Waals surface area contributed by atoms with Gasteiger partial charge < -0.3 is 23.8 Å². The van der Waals surface area contributed by atoms with Gasteiger partial charge in [0.2, 0.25) is 5.79 Å². The van der Waals surface area contributed by atoms with E-state index in [9.17, 15) is 4.79 Å².